The standard InChI is InChI=1S/C10H16N2S/c1-8-4-10(6-11,7-13-8)12-5-9-2-3-9/h8-9,12H,2-5,7H2,1H3. The van der Waals surface area contributed by atoms with Crippen molar-refractivity contribution in [3.8, 4) is 6.07 Å². The zero-order valence-corrected chi connectivity index (χ0v) is 8.86. The van der Waals surface area contributed by atoms with Crippen molar-refractivity contribution in [2.24, 2.45) is 5.92 Å². The fourth-order valence-corrected chi connectivity index (χ4v) is 3.05. The molecule has 2 atom stereocenters. The molecule has 2 unspecified atom stereocenters. The Morgan fingerprint density at radius 1 is 1.62 bits per heavy atom. The van der Waals surface area contributed by atoms with Crippen LogP contribution in [0.5, 0.6) is 0 Å². The molecule has 0 amide bonds. The van der Waals surface area contributed by atoms with Crippen molar-refractivity contribution in [3.05, 3.63) is 0 Å². The first kappa shape index (κ1) is 9.36. The van der Waals surface area contributed by atoms with Gasteiger partial charge in [-0.1, -0.05) is 6.92 Å². The van der Waals surface area contributed by atoms with E-state index >= 15 is 0 Å². The Bertz CT molecular complexity index is 232. The molecular weight excluding hydrogens is 180 g/mol. The molecule has 2 fully saturated rings. The first-order valence-electron chi connectivity index (χ1n) is 5.02. The molecule has 1 N–H and O–H groups in total. The van der Waals surface area contributed by atoms with E-state index < -0.39 is 0 Å². The Morgan fingerprint density at radius 2 is 2.38 bits per heavy atom. The van der Waals surface area contributed by atoms with Crippen molar-refractivity contribution < 1.29 is 0 Å². The quantitative estimate of drug-likeness (QED) is 0.747. The van der Waals surface area contributed by atoms with Crippen molar-refractivity contribution in [1.29, 1.82) is 5.26 Å². The van der Waals surface area contributed by atoms with Crippen LogP contribution in [0.4, 0.5) is 0 Å². The van der Waals surface area contributed by atoms with E-state index in [1.54, 1.807) is 0 Å². The van der Waals surface area contributed by atoms with Crippen LogP contribution >= 0.6 is 11.8 Å². The van der Waals surface area contributed by atoms with Crippen molar-refractivity contribution in [1.82, 2.24) is 5.32 Å². The molecular formula is C10H16N2S. The lowest BCUT2D eigenvalue weighted by Crippen LogP contribution is -2.45. The summed E-state index contributed by atoms with van der Waals surface area (Å²) in [5.74, 6) is 1.84. The summed E-state index contributed by atoms with van der Waals surface area (Å²) < 4.78 is 0. The van der Waals surface area contributed by atoms with Crippen LogP contribution in [0.15, 0.2) is 0 Å². The van der Waals surface area contributed by atoms with Crippen molar-refractivity contribution in [3.63, 3.8) is 0 Å². The number of nitrogens with zero attached hydrogens (tertiary/aromatic N) is 1. The molecule has 0 aromatic heterocycles. The summed E-state index contributed by atoms with van der Waals surface area (Å²) in [4.78, 5) is 0. The normalized spacial score (nSPS) is 38.9. The number of hydrogen-bond acceptors (Lipinski definition) is 3. The number of thioether (sulfide) groups is 1. The molecule has 0 bridgehead atoms. The van der Waals surface area contributed by atoms with Crippen molar-refractivity contribution in [2.45, 2.75) is 37.0 Å². The molecule has 0 spiro atoms. The fraction of sp³-hybridized carbons (Fsp3) is 0.900. The van der Waals surface area contributed by atoms with E-state index in [1.165, 1.54) is 12.8 Å². The summed E-state index contributed by atoms with van der Waals surface area (Å²) in [5.41, 5.74) is -0.202. The minimum absolute atomic E-state index is 0.202. The molecule has 72 valence electrons. The Morgan fingerprint density at radius 3 is 2.85 bits per heavy atom. The van der Waals surface area contributed by atoms with Gasteiger partial charge in [-0.25, -0.2) is 0 Å². The second kappa shape index (κ2) is 3.51. The van der Waals surface area contributed by atoms with E-state index in [4.69, 9.17) is 5.26 Å². The lowest BCUT2D eigenvalue weighted by atomic mass is 9.98. The van der Waals surface area contributed by atoms with Crippen LogP contribution in [0.3, 0.4) is 0 Å². The van der Waals surface area contributed by atoms with Crippen molar-refractivity contribution >= 4 is 11.8 Å². The van der Waals surface area contributed by atoms with Gasteiger partial charge < -0.3 is 0 Å². The van der Waals surface area contributed by atoms with Crippen molar-refractivity contribution in [2.75, 3.05) is 12.3 Å². The highest BCUT2D eigenvalue weighted by molar-refractivity contribution is 8.00. The van der Waals surface area contributed by atoms with Gasteiger partial charge >= 0.3 is 0 Å². The molecule has 1 saturated carbocycles. The fourth-order valence-electron chi connectivity index (χ4n) is 1.80. The number of rotatable bonds is 3. The Hall–Kier alpha value is -0.200. The minimum Gasteiger partial charge on any atom is -0.298 e. The predicted octanol–water partition coefficient (Wildman–Crippen LogP) is 1.77. The van der Waals surface area contributed by atoms with E-state index in [-0.39, 0.29) is 5.54 Å². The number of nitrogens with one attached hydrogen (secondary N) is 1. The lowest BCUT2D eigenvalue weighted by Gasteiger charge is -2.21. The Labute approximate surface area is 84.1 Å². The van der Waals surface area contributed by atoms with Crippen LogP contribution in [-0.2, 0) is 0 Å². The van der Waals surface area contributed by atoms with Crippen LogP contribution in [0.25, 0.3) is 0 Å². The first-order valence-corrected chi connectivity index (χ1v) is 6.07. The number of hydrogen-bond donors (Lipinski definition) is 1. The first-order chi connectivity index (χ1) is 6.24. The van der Waals surface area contributed by atoms with E-state index in [9.17, 15) is 0 Å². The van der Waals surface area contributed by atoms with E-state index in [0.717, 1.165) is 24.6 Å². The highest BCUT2D eigenvalue weighted by Gasteiger charge is 2.39. The maximum absolute atomic E-state index is 9.14. The van der Waals surface area contributed by atoms with E-state index in [2.05, 4.69) is 18.3 Å². The molecule has 2 aliphatic rings. The topological polar surface area (TPSA) is 35.8 Å². The van der Waals surface area contributed by atoms with Gasteiger partial charge in [-0.15, -0.1) is 0 Å². The average Bonchev–Trinajstić information content (AvgIpc) is 2.88. The molecule has 0 radical (unpaired) electrons. The SMILES string of the molecule is CC1CC(C#N)(NCC2CC2)CS1. The van der Waals surface area contributed by atoms with Gasteiger partial charge in [0.1, 0.15) is 5.54 Å². The average molecular weight is 196 g/mol. The van der Waals surface area contributed by atoms with E-state index in [1.807, 2.05) is 11.8 Å². The monoisotopic (exact) mass is 196 g/mol. The number of nitriles is 1. The van der Waals surface area contributed by atoms with Gasteiger partial charge in [0.15, 0.2) is 0 Å². The summed E-state index contributed by atoms with van der Waals surface area (Å²) in [6.45, 7) is 3.27. The molecule has 13 heavy (non-hydrogen) atoms. The molecule has 2 nitrogen and oxygen atoms in total. The van der Waals surface area contributed by atoms with Gasteiger partial charge in [0.05, 0.1) is 6.07 Å². The third-order valence-electron chi connectivity index (χ3n) is 2.89. The second-order valence-electron chi connectivity index (χ2n) is 4.34. The highest BCUT2D eigenvalue weighted by Crippen LogP contribution is 2.35. The summed E-state index contributed by atoms with van der Waals surface area (Å²) in [5, 5.41) is 13.2. The summed E-state index contributed by atoms with van der Waals surface area (Å²) in [7, 11) is 0. The molecule has 2 rings (SSSR count). The van der Waals surface area contributed by atoms with Crippen LogP contribution in [0.1, 0.15) is 26.2 Å². The molecule has 1 heterocycles. The molecule has 1 aliphatic carbocycles. The van der Waals surface area contributed by atoms with Crippen LogP contribution < -0.4 is 5.32 Å². The van der Waals surface area contributed by atoms with Gasteiger partial charge in [-0.05, 0) is 31.7 Å². The van der Waals surface area contributed by atoms with Crippen LogP contribution in [-0.4, -0.2) is 23.1 Å². The molecule has 3 heteroatoms. The second-order valence-corrected chi connectivity index (χ2v) is 5.77. The zero-order valence-electron chi connectivity index (χ0n) is 8.05. The maximum Gasteiger partial charge on any atom is 0.116 e. The maximum atomic E-state index is 9.14. The van der Waals surface area contributed by atoms with Gasteiger partial charge in [0, 0.05) is 11.0 Å². The largest absolute Gasteiger partial charge is 0.298 e. The summed E-state index contributed by atoms with van der Waals surface area (Å²) in [6.07, 6.45) is 3.73. The van der Waals surface area contributed by atoms with E-state index in [0.29, 0.717) is 5.25 Å². The highest BCUT2D eigenvalue weighted by atomic mass is 32.2. The Balaban J connectivity index is 1.87. The van der Waals surface area contributed by atoms with Crippen LogP contribution in [0.2, 0.25) is 0 Å². The zero-order chi connectivity index (χ0) is 9.31. The molecule has 1 aliphatic heterocycles. The van der Waals surface area contributed by atoms with Gasteiger partial charge in [-0.2, -0.15) is 17.0 Å². The Kier molecular flexibility index (Phi) is 2.53. The molecule has 0 aromatic rings. The predicted molar refractivity (Wildman–Crippen MR) is 55.6 cm³/mol. The molecule has 0 aromatic carbocycles. The molecule has 1 saturated heterocycles. The van der Waals surface area contributed by atoms with Gasteiger partial charge in [0.25, 0.3) is 0 Å². The minimum atomic E-state index is -0.202. The van der Waals surface area contributed by atoms with Gasteiger partial charge in [0.2, 0.25) is 0 Å². The third-order valence-corrected chi connectivity index (χ3v) is 4.29. The lowest BCUT2D eigenvalue weighted by molar-refractivity contribution is 0.432. The summed E-state index contributed by atoms with van der Waals surface area (Å²) in [6, 6.07) is 2.46. The summed E-state index contributed by atoms with van der Waals surface area (Å²) >= 11 is 1.92. The van der Waals surface area contributed by atoms with Crippen LogP contribution in [0, 0.1) is 17.2 Å². The smallest absolute Gasteiger partial charge is 0.116 e. The third kappa shape index (κ3) is 2.18. The van der Waals surface area contributed by atoms with Gasteiger partial charge in [-0.3, -0.25) is 5.32 Å².